The average molecular weight is 413 g/mol. The van der Waals surface area contributed by atoms with Crippen LogP contribution >= 0.6 is 11.6 Å². The summed E-state index contributed by atoms with van der Waals surface area (Å²) < 4.78 is 0. The smallest absolute Gasteiger partial charge is 0.293 e. The Morgan fingerprint density at radius 1 is 1.14 bits per heavy atom. The number of carbonyl (C=O) groups excluding carboxylic acids is 3. The number of rotatable bonds is 4. The minimum atomic E-state index is -1.15. The molecule has 0 radical (unpaired) electrons. The molecule has 1 fully saturated rings. The van der Waals surface area contributed by atoms with Crippen molar-refractivity contribution in [3.8, 4) is 0 Å². The molecule has 4 rings (SSSR count). The van der Waals surface area contributed by atoms with Gasteiger partial charge in [-0.15, -0.1) is 0 Å². The van der Waals surface area contributed by atoms with Gasteiger partial charge in [-0.3, -0.25) is 29.5 Å². The summed E-state index contributed by atoms with van der Waals surface area (Å²) in [5.74, 6) is -3.05. The molecule has 2 amide bonds. The molecule has 0 aliphatic carbocycles. The topological polar surface area (TPSA) is 113 Å². The second kappa shape index (κ2) is 6.78. The Morgan fingerprint density at radius 2 is 1.86 bits per heavy atom. The highest BCUT2D eigenvalue weighted by molar-refractivity contribution is 6.49. The lowest BCUT2D eigenvalue weighted by Crippen LogP contribution is -2.39. The average Bonchev–Trinajstić information content (AvgIpc) is 3.19. The summed E-state index contributed by atoms with van der Waals surface area (Å²) in [7, 11) is 0. The lowest BCUT2D eigenvalue weighted by molar-refractivity contribution is -0.384. The molecular formula is C19H13ClN4O5. The van der Waals surface area contributed by atoms with Crippen LogP contribution in [0.4, 0.5) is 17.1 Å². The molecule has 2 atom stereocenters. The number of carbonyl (C=O) groups is 3. The molecule has 10 heteroatoms. The number of nitrogens with zero attached hydrogens (tertiary/aromatic N) is 4. The maximum Gasteiger partial charge on any atom is 0.293 e. The molecule has 0 N–H and O–H groups in total. The maximum atomic E-state index is 13.2. The van der Waals surface area contributed by atoms with Crippen molar-refractivity contribution in [2.45, 2.75) is 13.0 Å². The van der Waals surface area contributed by atoms with Gasteiger partial charge in [0.2, 0.25) is 5.91 Å². The van der Waals surface area contributed by atoms with Crippen molar-refractivity contribution in [2.24, 2.45) is 11.0 Å². The van der Waals surface area contributed by atoms with Crippen molar-refractivity contribution in [1.29, 1.82) is 0 Å². The number of ketones is 1. The summed E-state index contributed by atoms with van der Waals surface area (Å²) in [4.78, 5) is 50.0. The number of halogens is 1. The van der Waals surface area contributed by atoms with Crippen LogP contribution in [0.15, 0.2) is 53.6 Å². The first-order valence-corrected chi connectivity index (χ1v) is 8.94. The third kappa shape index (κ3) is 2.87. The minimum Gasteiger partial charge on any atom is -0.293 e. The highest BCUT2D eigenvalue weighted by Gasteiger charge is 2.58. The molecule has 1 saturated heterocycles. The summed E-state index contributed by atoms with van der Waals surface area (Å²) >= 11 is 6.03. The molecule has 9 nitrogen and oxygen atoms in total. The molecule has 0 spiro atoms. The lowest BCUT2D eigenvalue weighted by atomic mass is 9.95. The number of para-hydroxylation sites is 2. The number of benzene rings is 2. The predicted octanol–water partition coefficient (Wildman–Crippen LogP) is 2.57. The van der Waals surface area contributed by atoms with Crippen molar-refractivity contribution in [2.75, 3.05) is 9.91 Å². The van der Waals surface area contributed by atoms with Crippen LogP contribution in [0.1, 0.15) is 6.92 Å². The highest BCUT2D eigenvalue weighted by Crippen LogP contribution is 2.40. The fourth-order valence-electron chi connectivity index (χ4n) is 3.58. The summed E-state index contributed by atoms with van der Waals surface area (Å²) in [6.07, 6.45) is 0. The van der Waals surface area contributed by atoms with Gasteiger partial charge in [-0.2, -0.15) is 5.10 Å². The first-order chi connectivity index (χ1) is 13.8. The Balaban J connectivity index is 1.84. The Morgan fingerprint density at radius 3 is 2.52 bits per heavy atom. The molecule has 2 aliphatic heterocycles. The first-order valence-electron chi connectivity index (χ1n) is 8.56. The second-order valence-electron chi connectivity index (χ2n) is 6.55. The normalized spacial score (nSPS) is 20.7. The molecule has 0 bridgehead atoms. The van der Waals surface area contributed by atoms with Crippen molar-refractivity contribution in [1.82, 2.24) is 0 Å². The van der Waals surface area contributed by atoms with Gasteiger partial charge in [0.15, 0.2) is 5.78 Å². The second-order valence-corrected chi connectivity index (χ2v) is 6.98. The third-order valence-corrected chi connectivity index (χ3v) is 5.04. The summed E-state index contributed by atoms with van der Waals surface area (Å²) in [5.41, 5.74) is -0.177. The molecule has 0 unspecified atom stereocenters. The van der Waals surface area contributed by atoms with E-state index in [0.717, 1.165) is 4.90 Å². The van der Waals surface area contributed by atoms with E-state index in [4.69, 9.17) is 11.6 Å². The third-order valence-electron chi connectivity index (χ3n) is 4.80. The summed E-state index contributed by atoms with van der Waals surface area (Å²) in [6.45, 7) is 1.25. The van der Waals surface area contributed by atoms with Gasteiger partial charge in [-0.05, 0) is 24.3 Å². The number of fused-ring (bicyclic) bond motifs is 1. The molecule has 0 aromatic heterocycles. The van der Waals surface area contributed by atoms with Crippen molar-refractivity contribution < 1.29 is 19.3 Å². The van der Waals surface area contributed by atoms with E-state index in [0.29, 0.717) is 10.7 Å². The lowest BCUT2D eigenvalue weighted by Gasteiger charge is -2.22. The van der Waals surface area contributed by atoms with Gasteiger partial charge in [0.25, 0.3) is 11.6 Å². The van der Waals surface area contributed by atoms with E-state index in [1.165, 1.54) is 36.2 Å². The molecular weight excluding hydrogens is 400 g/mol. The molecule has 2 aromatic rings. The van der Waals surface area contributed by atoms with Crippen LogP contribution in [-0.4, -0.2) is 34.3 Å². The fourth-order valence-corrected chi connectivity index (χ4v) is 3.77. The first kappa shape index (κ1) is 18.8. The minimum absolute atomic E-state index is 0.0746. The Hall–Kier alpha value is -3.59. The summed E-state index contributed by atoms with van der Waals surface area (Å²) in [5, 5.41) is 17.3. The number of hydrogen-bond donors (Lipinski definition) is 0. The van der Waals surface area contributed by atoms with Crippen LogP contribution in [-0.2, 0) is 14.4 Å². The molecule has 2 heterocycles. The monoisotopic (exact) mass is 412 g/mol. The van der Waals surface area contributed by atoms with Crippen LogP contribution in [0, 0.1) is 16.0 Å². The van der Waals surface area contributed by atoms with E-state index in [9.17, 15) is 24.5 Å². The predicted molar refractivity (Wildman–Crippen MR) is 105 cm³/mol. The number of imide groups is 1. The van der Waals surface area contributed by atoms with E-state index in [1.807, 2.05) is 0 Å². The Kier molecular flexibility index (Phi) is 4.39. The van der Waals surface area contributed by atoms with Gasteiger partial charge in [0.05, 0.1) is 10.6 Å². The van der Waals surface area contributed by atoms with E-state index in [2.05, 4.69) is 5.10 Å². The van der Waals surface area contributed by atoms with Gasteiger partial charge < -0.3 is 0 Å². The maximum absolute atomic E-state index is 13.2. The van der Waals surface area contributed by atoms with Crippen molar-refractivity contribution >= 4 is 52.0 Å². The molecule has 29 heavy (non-hydrogen) atoms. The van der Waals surface area contributed by atoms with Gasteiger partial charge in [0, 0.05) is 18.0 Å². The van der Waals surface area contributed by atoms with Gasteiger partial charge in [-0.1, -0.05) is 29.8 Å². The number of nitro groups is 1. The quantitative estimate of drug-likeness (QED) is 0.433. The van der Waals surface area contributed by atoms with Crippen molar-refractivity contribution in [3.05, 3.63) is 63.7 Å². The van der Waals surface area contributed by atoms with Crippen LogP contribution in [0.3, 0.4) is 0 Å². The zero-order chi connectivity index (χ0) is 20.9. The van der Waals surface area contributed by atoms with Gasteiger partial charge in [-0.25, -0.2) is 4.90 Å². The van der Waals surface area contributed by atoms with Crippen LogP contribution in [0.25, 0.3) is 0 Å². The highest BCUT2D eigenvalue weighted by atomic mass is 35.5. The Bertz CT molecular complexity index is 1120. The van der Waals surface area contributed by atoms with E-state index in [-0.39, 0.29) is 17.1 Å². The number of nitro benzene ring substituents is 1. The molecule has 146 valence electrons. The van der Waals surface area contributed by atoms with Crippen LogP contribution in [0.2, 0.25) is 5.02 Å². The number of hydrazone groups is 1. The van der Waals surface area contributed by atoms with Crippen LogP contribution in [0.5, 0.6) is 0 Å². The molecule has 0 saturated carbocycles. The largest absolute Gasteiger partial charge is 0.293 e. The number of anilines is 2. The van der Waals surface area contributed by atoms with E-state index in [1.54, 1.807) is 24.3 Å². The summed E-state index contributed by atoms with van der Waals surface area (Å²) in [6, 6.07) is 10.8. The zero-order valence-electron chi connectivity index (χ0n) is 15.0. The number of amides is 2. The fraction of sp³-hybridized carbons (Fsp3) is 0.158. The Labute approximate surface area is 169 Å². The van der Waals surface area contributed by atoms with Crippen LogP contribution < -0.4 is 9.91 Å². The molecule has 2 aliphatic rings. The molecule has 2 aromatic carbocycles. The standard InChI is InChI=1S/C19H13ClN4O5/c1-10(25)16-15-17(23(21-16)12-6-4-5-11(20)9-12)19(27)22(18(15)26)13-7-2-3-8-14(13)24(28)29/h2-9,15,17H,1H3/t15-,17+/m1/s1. The zero-order valence-corrected chi connectivity index (χ0v) is 15.7. The van der Waals surface area contributed by atoms with Gasteiger partial charge >= 0.3 is 0 Å². The number of Topliss-reactive ketones (excluding diaryl/α,β-unsaturated/α-hetero) is 1. The van der Waals surface area contributed by atoms with Gasteiger partial charge in [0.1, 0.15) is 23.4 Å². The van der Waals surface area contributed by atoms with E-state index >= 15 is 0 Å². The van der Waals surface area contributed by atoms with E-state index < -0.39 is 34.5 Å². The SMILES string of the molecule is CC(=O)C1=NN(c2cccc(Cl)c2)[C@@H]2C(=O)N(c3ccccc3[N+](=O)[O-])C(=O)[C@H]12. The number of hydrogen-bond acceptors (Lipinski definition) is 7. The van der Waals surface area contributed by atoms with Crippen molar-refractivity contribution in [3.63, 3.8) is 0 Å².